The average Bonchev–Trinajstić information content (AvgIpc) is 3.54. The molecule has 5 rings (SSSR count). The van der Waals surface area contributed by atoms with E-state index in [0.717, 1.165) is 22.4 Å². The number of aromatic nitrogens is 1. The summed E-state index contributed by atoms with van der Waals surface area (Å²) in [4.78, 5) is 17.3. The van der Waals surface area contributed by atoms with Crippen LogP contribution in [0.5, 0.6) is 0 Å². The fourth-order valence-electron chi connectivity index (χ4n) is 3.73. The van der Waals surface area contributed by atoms with Gasteiger partial charge in [-0.05, 0) is 60.7 Å². The molecule has 1 saturated heterocycles. The van der Waals surface area contributed by atoms with Crippen LogP contribution in [0, 0.1) is 0 Å². The van der Waals surface area contributed by atoms with Crippen molar-refractivity contribution in [2.45, 2.75) is 23.1 Å². The molecule has 9 heteroatoms. The van der Waals surface area contributed by atoms with Crippen LogP contribution in [0.3, 0.4) is 0 Å². The van der Waals surface area contributed by atoms with E-state index in [1.807, 2.05) is 36.4 Å². The van der Waals surface area contributed by atoms with E-state index in [-0.39, 0.29) is 10.1 Å². The lowest BCUT2D eigenvalue weighted by atomic mass is 10.2. The minimum Gasteiger partial charge on any atom is -0.436 e. The highest BCUT2D eigenvalue weighted by Crippen LogP contribution is 2.30. The highest BCUT2D eigenvalue weighted by molar-refractivity contribution is 7.91. The van der Waals surface area contributed by atoms with E-state index >= 15 is 0 Å². The summed E-state index contributed by atoms with van der Waals surface area (Å²) in [6, 6.07) is 17.2. The fraction of sp³-hybridized carbons (Fsp3) is 0.182. The van der Waals surface area contributed by atoms with E-state index in [2.05, 4.69) is 10.3 Å². The molecule has 0 unspecified atom stereocenters. The van der Waals surface area contributed by atoms with E-state index in [1.165, 1.54) is 4.31 Å². The monoisotopic (exact) mass is 453 g/mol. The first kappa shape index (κ1) is 19.9. The highest BCUT2D eigenvalue weighted by atomic mass is 32.2. The van der Waals surface area contributed by atoms with Crippen molar-refractivity contribution >= 4 is 44.1 Å². The number of fused-ring (bicyclic) bond motifs is 1. The van der Waals surface area contributed by atoms with Crippen molar-refractivity contribution in [2.24, 2.45) is 0 Å². The van der Waals surface area contributed by atoms with Crippen molar-refractivity contribution in [3.63, 3.8) is 0 Å². The minimum absolute atomic E-state index is 0.259. The Balaban J connectivity index is 1.32. The third-order valence-electron chi connectivity index (χ3n) is 5.26. The molecule has 1 atom stereocenters. The van der Waals surface area contributed by atoms with E-state index < -0.39 is 16.1 Å². The zero-order chi connectivity index (χ0) is 21.4. The SMILES string of the molecule is O=C(Nc1ccc(-c2nc3ccccc3o2)cc1)[C@H]1CCCN1S(=O)(=O)c1cccs1. The zero-order valence-electron chi connectivity index (χ0n) is 16.4. The normalized spacial score (nSPS) is 17.2. The molecule has 0 bridgehead atoms. The average molecular weight is 454 g/mol. The van der Waals surface area contributed by atoms with Gasteiger partial charge >= 0.3 is 0 Å². The summed E-state index contributed by atoms with van der Waals surface area (Å²) in [5.74, 6) is 0.176. The van der Waals surface area contributed by atoms with Crippen LogP contribution in [0.4, 0.5) is 5.69 Å². The number of amides is 1. The van der Waals surface area contributed by atoms with E-state index in [0.29, 0.717) is 36.5 Å². The molecule has 3 heterocycles. The number of para-hydroxylation sites is 2. The molecular weight excluding hydrogens is 434 g/mol. The number of thiophene rings is 1. The molecule has 0 spiro atoms. The largest absolute Gasteiger partial charge is 0.436 e. The molecule has 0 radical (unpaired) electrons. The van der Waals surface area contributed by atoms with E-state index in [9.17, 15) is 13.2 Å². The topological polar surface area (TPSA) is 92.5 Å². The van der Waals surface area contributed by atoms with Gasteiger partial charge in [0.1, 0.15) is 15.8 Å². The molecule has 1 fully saturated rings. The Hall–Kier alpha value is -3.01. The van der Waals surface area contributed by atoms with Crippen LogP contribution in [0.2, 0.25) is 0 Å². The second kappa shape index (κ2) is 7.92. The van der Waals surface area contributed by atoms with E-state index in [1.54, 1.807) is 29.6 Å². The lowest BCUT2D eigenvalue weighted by molar-refractivity contribution is -0.119. The van der Waals surface area contributed by atoms with Gasteiger partial charge in [0.2, 0.25) is 11.8 Å². The molecular formula is C22H19N3O4S2. The molecule has 31 heavy (non-hydrogen) atoms. The lowest BCUT2D eigenvalue weighted by Gasteiger charge is -2.22. The van der Waals surface area contributed by atoms with Crippen LogP contribution in [0.25, 0.3) is 22.6 Å². The Morgan fingerprint density at radius 2 is 1.90 bits per heavy atom. The molecule has 1 aliphatic heterocycles. The molecule has 1 amide bonds. The summed E-state index contributed by atoms with van der Waals surface area (Å²) in [6.45, 7) is 0.342. The standard InChI is InChI=1S/C22H19N3O4S2/c26-21(18-6-3-13-25(18)31(27,28)20-8-4-14-30-20)23-16-11-9-15(10-12-16)22-24-17-5-1-2-7-19(17)29-22/h1-2,4-5,7-12,14,18H,3,6,13H2,(H,23,26)/t18-/m1/s1. The predicted octanol–water partition coefficient (Wildman–Crippen LogP) is 4.35. The van der Waals surface area contributed by atoms with Crippen LogP contribution >= 0.6 is 11.3 Å². The molecule has 2 aromatic carbocycles. The minimum atomic E-state index is -3.67. The second-order valence-corrected chi connectivity index (χ2v) is 10.3. The molecule has 1 N–H and O–H groups in total. The molecule has 4 aromatic rings. The fourth-order valence-corrected chi connectivity index (χ4v) is 6.51. The quantitative estimate of drug-likeness (QED) is 0.485. The van der Waals surface area contributed by atoms with Gasteiger partial charge < -0.3 is 9.73 Å². The van der Waals surface area contributed by atoms with Gasteiger partial charge in [-0.3, -0.25) is 4.79 Å². The van der Waals surface area contributed by atoms with Crippen molar-refractivity contribution in [3.05, 3.63) is 66.0 Å². The van der Waals surface area contributed by atoms with Crippen molar-refractivity contribution in [2.75, 3.05) is 11.9 Å². The Morgan fingerprint density at radius 3 is 2.65 bits per heavy atom. The molecule has 0 saturated carbocycles. The van der Waals surface area contributed by atoms with Gasteiger partial charge in [0.25, 0.3) is 10.0 Å². The summed E-state index contributed by atoms with van der Waals surface area (Å²) >= 11 is 1.16. The summed E-state index contributed by atoms with van der Waals surface area (Å²) in [5, 5.41) is 4.56. The second-order valence-electron chi connectivity index (χ2n) is 7.26. The summed E-state index contributed by atoms with van der Waals surface area (Å²) in [6.07, 6.45) is 1.15. The lowest BCUT2D eigenvalue weighted by Crippen LogP contribution is -2.42. The number of benzene rings is 2. The summed E-state index contributed by atoms with van der Waals surface area (Å²) in [7, 11) is -3.67. The van der Waals surface area contributed by atoms with Gasteiger partial charge in [-0.15, -0.1) is 11.3 Å². The number of anilines is 1. The summed E-state index contributed by atoms with van der Waals surface area (Å²) in [5.41, 5.74) is 2.87. The van der Waals surface area contributed by atoms with Gasteiger partial charge in [-0.1, -0.05) is 18.2 Å². The third-order valence-corrected chi connectivity index (χ3v) is 8.54. The molecule has 7 nitrogen and oxygen atoms in total. The maximum Gasteiger partial charge on any atom is 0.253 e. The maximum atomic E-state index is 12.9. The van der Waals surface area contributed by atoms with Crippen molar-refractivity contribution in [1.82, 2.24) is 9.29 Å². The van der Waals surface area contributed by atoms with Crippen molar-refractivity contribution in [1.29, 1.82) is 0 Å². The third kappa shape index (κ3) is 3.76. The number of oxazole rings is 1. The Bertz CT molecular complexity index is 1300. The van der Waals surface area contributed by atoms with Gasteiger partial charge in [-0.2, -0.15) is 4.31 Å². The first-order valence-electron chi connectivity index (χ1n) is 9.84. The van der Waals surface area contributed by atoms with Crippen molar-refractivity contribution in [3.8, 4) is 11.5 Å². The molecule has 1 aliphatic rings. The zero-order valence-corrected chi connectivity index (χ0v) is 18.0. The Morgan fingerprint density at radius 1 is 1.10 bits per heavy atom. The molecule has 2 aromatic heterocycles. The number of nitrogens with zero attached hydrogens (tertiary/aromatic N) is 2. The number of nitrogens with one attached hydrogen (secondary N) is 1. The maximum absolute atomic E-state index is 12.9. The first-order valence-corrected chi connectivity index (χ1v) is 12.2. The van der Waals surface area contributed by atoms with E-state index in [4.69, 9.17) is 4.42 Å². The highest BCUT2D eigenvalue weighted by Gasteiger charge is 2.39. The van der Waals surface area contributed by atoms with Gasteiger partial charge in [-0.25, -0.2) is 13.4 Å². The number of hydrogen-bond donors (Lipinski definition) is 1. The van der Waals surface area contributed by atoms with Crippen LogP contribution in [-0.2, 0) is 14.8 Å². The number of carbonyl (C=O) groups is 1. The van der Waals surface area contributed by atoms with Gasteiger partial charge in [0.15, 0.2) is 5.58 Å². The van der Waals surface area contributed by atoms with Gasteiger partial charge in [0, 0.05) is 17.8 Å². The van der Waals surface area contributed by atoms with Crippen molar-refractivity contribution < 1.29 is 17.6 Å². The number of sulfonamides is 1. The van der Waals surface area contributed by atoms with Crippen LogP contribution in [0.15, 0.2) is 74.7 Å². The Labute approximate surface area is 183 Å². The number of carbonyl (C=O) groups excluding carboxylic acids is 1. The van der Waals surface area contributed by atoms with Crippen LogP contribution < -0.4 is 5.32 Å². The number of rotatable bonds is 5. The van der Waals surface area contributed by atoms with Gasteiger partial charge in [0.05, 0.1) is 0 Å². The molecule has 158 valence electrons. The Kier molecular flexibility index (Phi) is 5.09. The van der Waals surface area contributed by atoms with Crippen LogP contribution in [0.1, 0.15) is 12.8 Å². The number of hydrogen-bond acceptors (Lipinski definition) is 6. The van der Waals surface area contributed by atoms with Crippen LogP contribution in [-0.4, -0.2) is 36.2 Å². The first-order chi connectivity index (χ1) is 15.0. The molecule has 0 aliphatic carbocycles. The predicted molar refractivity (Wildman–Crippen MR) is 119 cm³/mol. The summed E-state index contributed by atoms with van der Waals surface area (Å²) < 4.78 is 33.1. The smallest absolute Gasteiger partial charge is 0.253 e.